The summed E-state index contributed by atoms with van der Waals surface area (Å²) < 4.78 is 3.18. The van der Waals surface area contributed by atoms with Gasteiger partial charge in [0.1, 0.15) is 0 Å². The Balaban J connectivity index is 1.40. The number of amides is 2. The number of hydrogen-bond acceptors (Lipinski definition) is 4. The third-order valence-corrected chi connectivity index (χ3v) is 5.92. The van der Waals surface area contributed by atoms with E-state index in [0.717, 1.165) is 17.7 Å². The van der Waals surface area contributed by atoms with Gasteiger partial charge in [-0.1, -0.05) is 29.3 Å². The van der Waals surface area contributed by atoms with Crippen LogP contribution in [0.5, 0.6) is 0 Å². The molecule has 2 heterocycles. The normalized spacial score (nSPS) is 13.5. The fourth-order valence-electron chi connectivity index (χ4n) is 2.83. The van der Waals surface area contributed by atoms with Gasteiger partial charge in [-0.3, -0.25) is 4.57 Å². The summed E-state index contributed by atoms with van der Waals surface area (Å²) in [4.78, 5) is 25.7. The third kappa shape index (κ3) is 4.09. The minimum atomic E-state index is -0.397. The lowest BCUT2D eigenvalue weighted by Crippen LogP contribution is -2.34. The van der Waals surface area contributed by atoms with E-state index in [1.54, 1.807) is 34.1 Å². The maximum atomic E-state index is 12.7. The number of aromatic nitrogens is 3. The van der Waals surface area contributed by atoms with Crippen molar-refractivity contribution in [2.75, 3.05) is 11.9 Å². The van der Waals surface area contributed by atoms with Crippen LogP contribution in [0.4, 0.5) is 10.5 Å². The second-order valence-corrected chi connectivity index (χ2v) is 8.18. The molecule has 1 aliphatic rings. The van der Waals surface area contributed by atoms with E-state index in [9.17, 15) is 9.59 Å². The number of halogens is 2. The lowest BCUT2D eigenvalue weighted by molar-refractivity contribution is 0.251. The topological polar surface area (TPSA) is 81.0 Å². The Labute approximate surface area is 174 Å². The maximum Gasteiger partial charge on any atom is 0.346 e. The van der Waals surface area contributed by atoms with Crippen LogP contribution in [-0.2, 0) is 6.54 Å². The summed E-state index contributed by atoms with van der Waals surface area (Å²) in [7, 11) is 0. The van der Waals surface area contributed by atoms with Crippen molar-refractivity contribution in [2.24, 2.45) is 0 Å². The van der Waals surface area contributed by atoms with E-state index in [0.29, 0.717) is 21.6 Å². The molecular formula is C18H17Cl2N5O2S. The number of urea groups is 1. The van der Waals surface area contributed by atoms with Gasteiger partial charge in [-0.25, -0.2) is 14.3 Å². The Morgan fingerprint density at radius 2 is 2.07 bits per heavy atom. The first kappa shape index (κ1) is 19.0. The Morgan fingerprint density at radius 3 is 2.75 bits per heavy atom. The number of hydrogen-bond donors (Lipinski definition) is 2. The van der Waals surface area contributed by atoms with Gasteiger partial charge in [-0.15, -0.1) is 16.4 Å². The first-order valence-corrected chi connectivity index (χ1v) is 10.4. The van der Waals surface area contributed by atoms with Gasteiger partial charge in [0.05, 0.1) is 21.5 Å². The molecule has 10 heteroatoms. The van der Waals surface area contributed by atoms with Crippen molar-refractivity contribution in [3.8, 4) is 10.7 Å². The van der Waals surface area contributed by atoms with E-state index in [1.165, 1.54) is 4.68 Å². The van der Waals surface area contributed by atoms with E-state index in [-0.39, 0.29) is 24.8 Å². The highest BCUT2D eigenvalue weighted by Gasteiger charge is 2.30. The minimum Gasteiger partial charge on any atom is -0.336 e. The molecule has 7 nitrogen and oxygen atoms in total. The van der Waals surface area contributed by atoms with Crippen LogP contribution < -0.4 is 16.3 Å². The Kier molecular flexibility index (Phi) is 5.43. The number of nitrogens with one attached hydrogen (secondary N) is 2. The van der Waals surface area contributed by atoms with Crippen molar-refractivity contribution < 1.29 is 4.79 Å². The SMILES string of the molecule is O=C(NCCn1nc(-c2cccs2)n(C2CC2)c1=O)Nc1ccc(Cl)c(Cl)c1. The Hall–Kier alpha value is -2.29. The van der Waals surface area contributed by atoms with Crippen molar-refractivity contribution in [3.63, 3.8) is 0 Å². The molecule has 3 aromatic rings. The van der Waals surface area contributed by atoms with Gasteiger partial charge in [-0.2, -0.15) is 0 Å². The first-order valence-electron chi connectivity index (χ1n) is 8.76. The lowest BCUT2D eigenvalue weighted by Gasteiger charge is -2.08. The second kappa shape index (κ2) is 7.98. The quantitative estimate of drug-likeness (QED) is 0.604. The summed E-state index contributed by atoms with van der Waals surface area (Å²) in [5, 5.41) is 12.6. The predicted molar refractivity (Wildman–Crippen MR) is 112 cm³/mol. The first-order chi connectivity index (χ1) is 13.5. The summed E-state index contributed by atoms with van der Waals surface area (Å²) in [5.74, 6) is 0.697. The molecule has 0 bridgehead atoms. The lowest BCUT2D eigenvalue weighted by atomic mass is 10.3. The van der Waals surface area contributed by atoms with Gasteiger partial charge in [-0.05, 0) is 42.5 Å². The molecule has 0 radical (unpaired) electrons. The monoisotopic (exact) mass is 437 g/mol. The average molecular weight is 438 g/mol. The molecule has 1 fully saturated rings. The van der Waals surface area contributed by atoms with Crippen LogP contribution in [0.25, 0.3) is 10.7 Å². The summed E-state index contributed by atoms with van der Waals surface area (Å²) in [6.07, 6.45) is 1.99. The molecule has 0 aliphatic heterocycles. The van der Waals surface area contributed by atoms with Crippen molar-refractivity contribution in [3.05, 3.63) is 56.2 Å². The van der Waals surface area contributed by atoms with Gasteiger partial charge >= 0.3 is 11.7 Å². The summed E-state index contributed by atoms with van der Waals surface area (Å²) in [6, 6.07) is 8.56. The number of rotatable bonds is 6. The third-order valence-electron chi connectivity index (χ3n) is 4.31. The van der Waals surface area contributed by atoms with E-state index in [4.69, 9.17) is 23.2 Å². The van der Waals surface area contributed by atoms with Crippen LogP contribution in [0.15, 0.2) is 40.5 Å². The zero-order valence-electron chi connectivity index (χ0n) is 14.7. The molecule has 4 rings (SSSR count). The maximum absolute atomic E-state index is 12.7. The molecule has 0 spiro atoms. The number of nitrogens with zero attached hydrogens (tertiary/aromatic N) is 3. The molecule has 1 aliphatic carbocycles. The zero-order chi connectivity index (χ0) is 19.7. The second-order valence-electron chi connectivity index (χ2n) is 6.42. The van der Waals surface area contributed by atoms with Crippen molar-refractivity contribution >= 4 is 46.3 Å². The van der Waals surface area contributed by atoms with Gasteiger partial charge in [0.15, 0.2) is 5.82 Å². The fourth-order valence-corrected chi connectivity index (χ4v) is 3.83. The van der Waals surface area contributed by atoms with E-state index < -0.39 is 6.03 Å². The fraction of sp³-hybridized carbons (Fsp3) is 0.278. The summed E-state index contributed by atoms with van der Waals surface area (Å²) in [5.41, 5.74) is 0.389. The van der Waals surface area contributed by atoms with Crippen LogP contribution in [0.1, 0.15) is 18.9 Å². The zero-order valence-corrected chi connectivity index (χ0v) is 17.0. The van der Waals surface area contributed by atoms with Crippen LogP contribution in [0.3, 0.4) is 0 Å². The smallest absolute Gasteiger partial charge is 0.336 e. The Bertz CT molecular complexity index is 1060. The summed E-state index contributed by atoms with van der Waals surface area (Å²) >= 11 is 13.4. The number of benzene rings is 1. The highest BCUT2D eigenvalue weighted by Crippen LogP contribution is 2.37. The van der Waals surface area contributed by atoms with Crippen LogP contribution in [-0.4, -0.2) is 26.9 Å². The Morgan fingerprint density at radius 1 is 1.25 bits per heavy atom. The van der Waals surface area contributed by atoms with E-state index in [2.05, 4.69) is 15.7 Å². The van der Waals surface area contributed by atoms with Crippen LogP contribution >= 0.6 is 34.5 Å². The molecule has 2 aromatic heterocycles. The molecular weight excluding hydrogens is 421 g/mol. The van der Waals surface area contributed by atoms with Crippen molar-refractivity contribution in [1.82, 2.24) is 19.7 Å². The molecule has 2 amide bonds. The minimum absolute atomic E-state index is 0.141. The number of carbonyl (C=O) groups excluding carboxylic acids is 1. The number of thiophene rings is 1. The predicted octanol–water partition coefficient (Wildman–Crippen LogP) is 4.24. The molecule has 28 heavy (non-hydrogen) atoms. The van der Waals surface area contributed by atoms with Crippen molar-refractivity contribution in [2.45, 2.75) is 25.4 Å². The van der Waals surface area contributed by atoms with Gasteiger partial charge < -0.3 is 10.6 Å². The molecule has 2 N–H and O–H groups in total. The molecule has 0 unspecified atom stereocenters. The standard InChI is InChI=1S/C18H17Cl2N5O2S/c19-13-6-3-11(10-14(13)20)22-17(26)21-7-8-24-18(27)25(12-4-5-12)16(23-24)15-2-1-9-28-15/h1-3,6,9-10,12H,4-5,7-8H2,(H2,21,22,26). The van der Waals surface area contributed by atoms with E-state index >= 15 is 0 Å². The van der Waals surface area contributed by atoms with Gasteiger partial charge in [0.25, 0.3) is 0 Å². The molecule has 1 saturated carbocycles. The summed E-state index contributed by atoms with van der Waals surface area (Å²) in [6.45, 7) is 0.546. The highest BCUT2D eigenvalue weighted by molar-refractivity contribution is 7.13. The largest absolute Gasteiger partial charge is 0.346 e. The van der Waals surface area contributed by atoms with Gasteiger partial charge in [0, 0.05) is 18.3 Å². The van der Waals surface area contributed by atoms with E-state index in [1.807, 2.05) is 17.5 Å². The highest BCUT2D eigenvalue weighted by atomic mass is 35.5. The number of anilines is 1. The molecule has 0 atom stereocenters. The van der Waals surface area contributed by atoms with Crippen LogP contribution in [0, 0.1) is 0 Å². The average Bonchev–Trinajstić information content (AvgIpc) is 3.23. The number of carbonyl (C=O) groups is 1. The van der Waals surface area contributed by atoms with Gasteiger partial charge in [0.2, 0.25) is 0 Å². The molecule has 1 aromatic carbocycles. The van der Waals surface area contributed by atoms with Crippen LogP contribution in [0.2, 0.25) is 10.0 Å². The van der Waals surface area contributed by atoms with Crippen molar-refractivity contribution in [1.29, 1.82) is 0 Å². The molecule has 0 saturated heterocycles. The molecule has 146 valence electrons.